The molecule has 0 amide bonds. The number of fused-ring (bicyclic) bond motifs is 1. The summed E-state index contributed by atoms with van der Waals surface area (Å²) in [6.45, 7) is 0. The van der Waals surface area contributed by atoms with Crippen LogP contribution in [0.1, 0.15) is 0 Å². The van der Waals surface area contributed by atoms with Crippen molar-refractivity contribution in [1.29, 1.82) is 0 Å². The van der Waals surface area contributed by atoms with Crippen LogP contribution in [-0.4, -0.2) is 16.7 Å². The van der Waals surface area contributed by atoms with Crippen LogP contribution >= 0.6 is 0 Å². The Kier molecular flexibility index (Phi) is 1.96. The molecule has 14 heavy (non-hydrogen) atoms. The molecule has 0 aliphatic carbocycles. The highest BCUT2D eigenvalue weighted by atomic mass is 16.5. The first-order valence-corrected chi connectivity index (χ1v) is 4.23. The molecule has 0 saturated carbocycles. The van der Waals surface area contributed by atoms with Gasteiger partial charge in [0.25, 0.3) is 5.56 Å². The van der Waals surface area contributed by atoms with Gasteiger partial charge in [0.1, 0.15) is 0 Å². The Bertz CT molecular complexity index is 531. The summed E-state index contributed by atoms with van der Waals surface area (Å²) in [5.41, 5.74) is 1.41. The van der Waals surface area contributed by atoms with Gasteiger partial charge in [0, 0.05) is 19.3 Å². The highest BCUT2D eigenvalue weighted by molar-refractivity contribution is 5.75. The average Bonchev–Trinajstić information content (AvgIpc) is 2.23. The second-order valence-electron chi connectivity index (χ2n) is 2.98. The van der Waals surface area contributed by atoms with Gasteiger partial charge in [-0.1, -0.05) is 0 Å². The van der Waals surface area contributed by atoms with E-state index in [0.29, 0.717) is 5.75 Å². The molecule has 0 N–H and O–H groups in total. The van der Waals surface area contributed by atoms with Crippen LogP contribution < -0.4 is 10.3 Å². The predicted octanol–water partition coefficient (Wildman–Crippen LogP) is 0.942. The Hall–Kier alpha value is -1.84. The number of hydrogen-bond acceptors (Lipinski definition) is 3. The molecule has 0 bridgehead atoms. The van der Waals surface area contributed by atoms with Crippen LogP contribution in [0.2, 0.25) is 0 Å². The monoisotopic (exact) mass is 190 g/mol. The Morgan fingerprint density at radius 2 is 2.29 bits per heavy atom. The number of aryl methyl sites for hydroxylation is 1. The number of nitrogens with zero attached hydrogens (tertiary/aromatic N) is 2. The summed E-state index contributed by atoms with van der Waals surface area (Å²) in [5, 5.41) is 0. The van der Waals surface area contributed by atoms with Gasteiger partial charge in [-0.05, 0) is 12.1 Å². The van der Waals surface area contributed by atoms with Crippen LogP contribution in [0.25, 0.3) is 11.0 Å². The largest absolute Gasteiger partial charge is 0.491 e. The molecule has 0 unspecified atom stereocenters. The van der Waals surface area contributed by atoms with Crippen molar-refractivity contribution in [3.63, 3.8) is 0 Å². The van der Waals surface area contributed by atoms with Gasteiger partial charge in [0.15, 0.2) is 5.75 Å². The number of ether oxygens (including phenoxy) is 1. The molecule has 2 heterocycles. The van der Waals surface area contributed by atoms with Gasteiger partial charge in [-0.25, -0.2) is 0 Å². The number of aromatic nitrogens is 2. The van der Waals surface area contributed by atoms with Gasteiger partial charge >= 0.3 is 0 Å². The number of rotatable bonds is 1. The van der Waals surface area contributed by atoms with Crippen molar-refractivity contribution in [2.75, 3.05) is 7.11 Å². The van der Waals surface area contributed by atoms with Gasteiger partial charge in [0.2, 0.25) is 0 Å². The van der Waals surface area contributed by atoms with Gasteiger partial charge < -0.3 is 9.30 Å². The SMILES string of the molecule is COc1cc2ncccc2n(C)c1=O. The third-order valence-corrected chi connectivity index (χ3v) is 2.18. The molecule has 2 rings (SSSR count). The van der Waals surface area contributed by atoms with Crippen molar-refractivity contribution in [3.8, 4) is 5.75 Å². The molecule has 72 valence electrons. The van der Waals surface area contributed by atoms with E-state index >= 15 is 0 Å². The highest BCUT2D eigenvalue weighted by Gasteiger charge is 2.06. The minimum absolute atomic E-state index is 0.145. The zero-order chi connectivity index (χ0) is 10.1. The molecule has 0 spiro atoms. The fraction of sp³-hybridized carbons (Fsp3) is 0.200. The molecule has 2 aromatic heterocycles. The third-order valence-electron chi connectivity index (χ3n) is 2.18. The second-order valence-corrected chi connectivity index (χ2v) is 2.98. The van der Waals surface area contributed by atoms with E-state index in [2.05, 4.69) is 4.98 Å². The standard InChI is InChI=1S/C10H10N2O2/c1-12-8-4-3-5-11-7(8)6-9(14-2)10(12)13/h3-6H,1-2H3. The highest BCUT2D eigenvalue weighted by Crippen LogP contribution is 2.12. The number of hydrogen-bond donors (Lipinski definition) is 0. The molecule has 0 atom stereocenters. The summed E-state index contributed by atoms with van der Waals surface area (Å²) in [4.78, 5) is 15.8. The fourth-order valence-corrected chi connectivity index (χ4v) is 1.41. The van der Waals surface area contributed by atoms with Crippen LogP contribution in [0.4, 0.5) is 0 Å². The van der Waals surface area contributed by atoms with Gasteiger partial charge in [-0.15, -0.1) is 0 Å². The number of methoxy groups -OCH3 is 1. The van der Waals surface area contributed by atoms with Crippen LogP contribution in [0.15, 0.2) is 29.2 Å². The molecule has 4 heteroatoms. The average molecular weight is 190 g/mol. The molecular formula is C10H10N2O2. The third kappa shape index (κ3) is 1.16. The summed E-state index contributed by atoms with van der Waals surface area (Å²) >= 11 is 0. The lowest BCUT2D eigenvalue weighted by Crippen LogP contribution is -2.18. The number of pyridine rings is 2. The zero-order valence-corrected chi connectivity index (χ0v) is 8.02. The van der Waals surface area contributed by atoms with E-state index in [1.54, 1.807) is 25.4 Å². The smallest absolute Gasteiger partial charge is 0.293 e. The lowest BCUT2D eigenvalue weighted by Gasteiger charge is -2.06. The van der Waals surface area contributed by atoms with E-state index in [9.17, 15) is 4.79 Å². The topological polar surface area (TPSA) is 44.1 Å². The first kappa shape index (κ1) is 8.74. The summed E-state index contributed by atoms with van der Waals surface area (Å²) in [5.74, 6) is 0.318. The van der Waals surface area contributed by atoms with Crippen molar-refractivity contribution >= 4 is 11.0 Å². The molecule has 4 nitrogen and oxygen atoms in total. The first-order chi connectivity index (χ1) is 6.74. The maximum atomic E-state index is 11.6. The van der Waals surface area contributed by atoms with Crippen LogP contribution in [0.3, 0.4) is 0 Å². The maximum absolute atomic E-state index is 11.6. The van der Waals surface area contributed by atoms with Gasteiger partial charge in [-0.3, -0.25) is 9.78 Å². The fourth-order valence-electron chi connectivity index (χ4n) is 1.41. The molecule has 0 aliphatic heterocycles. The van der Waals surface area contributed by atoms with Crippen LogP contribution in [0, 0.1) is 0 Å². The molecule has 0 radical (unpaired) electrons. The summed E-state index contributed by atoms with van der Waals surface area (Å²) in [6.07, 6.45) is 1.69. The van der Waals surface area contributed by atoms with Crippen molar-refractivity contribution in [3.05, 3.63) is 34.7 Å². The zero-order valence-electron chi connectivity index (χ0n) is 8.02. The van der Waals surface area contributed by atoms with E-state index in [-0.39, 0.29) is 5.56 Å². The van der Waals surface area contributed by atoms with E-state index in [1.165, 1.54) is 11.7 Å². The molecule has 0 aliphatic rings. The second kappa shape index (κ2) is 3.14. The first-order valence-electron chi connectivity index (χ1n) is 4.23. The molecule has 0 aromatic carbocycles. The summed E-state index contributed by atoms with van der Waals surface area (Å²) in [7, 11) is 3.18. The molecular weight excluding hydrogens is 180 g/mol. The van der Waals surface area contributed by atoms with Crippen LogP contribution in [0.5, 0.6) is 5.75 Å². The Labute approximate surface area is 80.8 Å². The Morgan fingerprint density at radius 3 is 3.00 bits per heavy atom. The quantitative estimate of drug-likeness (QED) is 0.672. The van der Waals surface area contributed by atoms with E-state index in [1.807, 2.05) is 6.07 Å². The maximum Gasteiger partial charge on any atom is 0.293 e. The predicted molar refractivity (Wildman–Crippen MR) is 53.5 cm³/mol. The van der Waals surface area contributed by atoms with Gasteiger partial charge in [0.05, 0.1) is 18.1 Å². The molecule has 0 fully saturated rings. The van der Waals surface area contributed by atoms with E-state index in [0.717, 1.165) is 11.0 Å². The van der Waals surface area contributed by atoms with Crippen molar-refractivity contribution in [2.45, 2.75) is 0 Å². The molecule has 2 aromatic rings. The summed E-state index contributed by atoms with van der Waals surface area (Å²) < 4.78 is 6.49. The Morgan fingerprint density at radius 1 is 1.50 bits per heavy atom. The normalized spacial score (nSPS) is 10.4. The summed E-state index contributed by atoms with van der Waals surface area (Å²) in [6, 6.07) is 5.30. The molecule has 0 saturated heterocycles. The van der Waals surface area contributed by atoms with Crippen LogP contribution in [-0.2, 0) is 7.05 Å². The van der Waals surface area contributed by atoms with E-state index < -0.39 is 0 Å². The minimum atomic E-state index is -0.145. The van der Waals surface area contributed by atoms with Crippen molar-refractivity contribution in [2.24, 2.45) is 7.05 Å². The van der Waals surface area contributed by atoms with Crippen molar-refractivity contribution < 1.29 is 4.74 Å². The lowest BCUT2D eigenvalue weighted by atomic mass is 10.3. The van der Waals surface area contributed by atoms with E-state index in [4.69, 9.17) is 4.74 Å². The Balaban J connectivity index is 2.92. The van der Waals surface area contributed by atoms with Crippen molar-refractivity contribution in [1.82, 2.24) is 9.55 Å². The minimum Gasteiger partial charge on any atom is -0.491 e. The lowest BCUT2D eigenvalue weighted by molar-refractivity contribution is 0.406. The van der Waals surface area contributed by atoms with Gasteiger partial charge in [-0.2, -0.15) is 0 Å².